The lowest BCUT2D eigenvalue weighted by Gasteiger charge is -2.16. The average Bonchev–Trinajstić information content (AvgIpc) is 2.75. The lowest BCUT2D eigenvalue weighted by atomic mass is 10.1. The van der Waals surface area contributed by atoms with Crippen molar-refractivity contribution in [1.29, 1.82) is 0 Å². The summed E-state index contributed by atoms with van der Waals surface area (Å²) >= 11 is 0. The van der Waals surface area contributed by atoms with Crippen LogP contribution in [0.3, 0.4) is 0 Å². The zero-order valence-electron chi connectivity index (χ0n) is 17.0. The van der Waals surface area contributed by atoms with Gasteiger partial charge >= 0.3 is 0 Å². The number of carbonyl (C=O) groups is 1. The molecule has 2 N–H and O–H groups in total. The molecule has 0 radical (unpaired) electrons. The Morgan fingerprint density at radius 2 is 1.63 bits per heavy atom. The summed E-state index contributed by atoms with van der Waals surface area (Å²) in [5.74, 6) is 0.449. The van der Waals surface area contributed by atoms with E-state index in [-0.39, 0.29) is 16.8 Å². The molecule has 0 heterocycles. The molecule has 0 aliphatic heterocycles. The van der Waals surface area contributed by atoms with Crippen molar-refractivity contribution in [1.82, 2.24) is 5.32 Å². The maximum Gasteiger partial charge on any atom is 0.261 e. The Balaban J connectivity index is 1.77. The number of carbonyl (C=O) groups excluding carboxylic acids is 1. The molecule has 0 saturated heterocycles. The highest BCUT2D eigenvalue weighted by Gasteiger charge is 2.17. The second kappa shape index (κ2) is 9.00. The largest absolute Gasteiger partial charge is 0.497 e. The van der Waals surface area contributed by atoms with Crippen molar-refractivity contribution in [2.45, 2.75) is 24.8 Å². The van der Waals surface area contributed by atoms with Crippen LogP contribution in [-0.2, 0) is 10.0 Å². The lowest BCUT2D eigenvalue weighted by Crippen LogP contribution is -2.26. The second-order valence-electron chi connectivity index (χ2n) is 6.92. The number of hydrogen-bond acceptors (Lipinski definition) is 4. The summed E-state index contributed by atoms with van der Waals surface area (Å²) in [7, 11) is -2.15. The van der Waals surface area contributed by atoms with Crippen LogP contribution in [0.2, 0.25) is 0 Å². The summed E-state index contributed by atoms with van der Waals surface area (Å²) in [6, 6.07) is 20.3. The summed E-state index contributed by atoms with van der Waals surface area (Å²) in [6.07, 6.45) is 0. The van der Waals surface area contributed by atoms with Gasteiger partial charge in [0.1, 0.15) is 5.75 Å². The quantitative estimate of drug-likeness (QED) is 0.592. The molecule has 0 aliphatic rings. The van der Waals surface area contributed by atoms with Crippen molar-refractivity contribution in [2.24, 2.45) is 0 Å². The molecule has 7 heteroatoms. The van der Waals surface area contributed by atoms with Gasteiger partial charge in [0.25, 0.3) is 15.9 Å². The summed E-state index contributed by atoms with van der Waals surface area (Å²) in [6.45, 7) is 3.66. The number of benzene rings is 3. The van der Waals surface area contributed by atoms with E-state index in [0.717, 1.165) is 11.3 Å². The topological polar surface area (TPSA) is 84.5 Å². The van der Waals surface area contributed by atoms with Crippen molar-refractivity contribution >= 4 is 21.6 Å². The van der Waals surface area contributed by atoms with E-state index in [1.807, 2.05) is 31.2 Å². The fourth-order valence-corrected chi connectivity index (χ4v) is 4.08. The van der Waals surface area contributed by atoms with Gasteiger partial charge in [-0.05, 0) is 61.4 Å². The number of amides is 1. The predicted octanol–water partition coefficient (Wildman–Crippen LogP) is 4.30. The van der Waals surface area contributed by atoms with Crippen LogP contribution in [0.15, 0.2) is 77.7 Å². The maximum absolute atomic E-state index is 12.7. The van der Waals surface area contributed by atoms with Gasteiger partial charge in [0.2, 0.25) is 0 Å². The Bertz CT molecular complexity index is 1130. The van der Waals surface area contributed by atoms with Gasteiger partial charge in [-0.15, -0.1) is 0 Å². The normalized spacial score (nSPS) is 12.1. The molecule has 0 spiro atoms. The van der Waals surface area contributed by atoms with Gasteiger partial charge in [0.15, 0.2) is 0 Å². The van der Waals surface area contributed by atoms with Crippen LogP contribution in [-0.4, -0.2) is 21.4 Å². The van der Waals surface area contributed by atoms with Crippen molar-refractivity contribution in [3.05, 3.63) is 89.5 Å². The number of sulfonamides is 1. The molecule has 0 fully saturated rings. The van der Waals surface area contributed by atoms with Gasteiger partial charge in [0.05, 0.1) is 23.7 Å². The van der Waals surface area contributed by atoms with Crippen LogP contribution in [0.5, 0.6) is 5.75 Å². The van der Waals surface area contributed by atoms with Crippen molar-refractivity contribution < 1.29 is 17.9 Å². The first-order valence-electron chi connectivity index (χ1n) is 9.43. The number of hydrogen-bond donors (Lipinski definition) is 2. The minimum atomic E-state index is -3.74. The van der Waals surface area contributed by atoms with E-state index in [4.69, 9.17) is 4.74 Å². The number of anilines is 1. The lowest BCUT2D eigenvalue weighted by molar-refractivity contribution is 0.0940. The SMILES string of the molecule is COc1ccc(C(C)NC(=O)c2ccc(C)c(NS(=O)(=O)c3ccccc3)c2)cc1. The van der Waals surface area contributed by atoms with Crippen molar-refractivity contribution in [2.75, 3.05) is 11.8 Å². The number of methoxy groups -OCH3 is 1. The standard InChI is InChI=1S/C23H24N2O4S/c1-16-9-10-19(15-22(16)25-30(27,28)21-7-5-4-6-8-21)23(26)24-17(2)18-11-13-20(29-3)14-12-18/h4-15,17,25H,1-3H3,(H,24,26). The van der Waals surface area contributed by atoms with Crippen LogP contribution in [0, 0.1) is 6.92 Å². The summed E-state index contributed by atoms with van der Waals surface area (Å²) < 4.78 is 33.0. The molecule has 0 aromatic heterocycles. The molecular weight excluding hydrogens is 400 g/mol. The Morgan fingerprint density at radius 1 is 0.967 bits per heavy atom. The Hall–Kier alpha value is -3.32. The van der Waals surface area contributed by atoms with Gasteiger partial charge in [-0.25, -0.2) is 8.42 Å². The molecule has 156 valence electrons. The van der Waals surface area contributed by atoms with E-state index in [1.165, 1.54) is 12.1 Å². The molecular formula is C23H24N2O4S. The van der Waals surface area contributed by atoms with Gasteiger partial charge in [0, 0.05) is 5.56 Å². The van der Waals surface area contributed by atoms with E-state index in [0.29, 0.717) is 16.8 Å². The number of nitrogens with one attached hydrogen (secondary N) is 2. The third-order valence-electron chi connectivity index (χ3n) is 4.76. The van der Waals surface area contributed by atoms with E-state index >= 15 is 0 Å². The molecule has 1 amide bonds. The predicted molar refractivity (Wildman–Crippen MR) is 117 cm³/mol. The fraction of sp³-hybridized carbons (Fsp3) is 0.174. The summed E-state index contributed by atoms with van der Waals surface area (Å²) in [5, 5.41) is 2.93. The first kappa shape index (κ1) is 21.4. The Kier molecular flexibility index (Phi) is 6.42. The number of ether oxygens (including phenoxy) is 1. The van der Waals surface area contributed by atoms with Crippen molar-refractivity contribution in [3.63, 3.8) is 0 Å². The zero-order chi connectivity index (χ0) is 21.7. The van der Waals surface area contributed by atoms with Gasteiger partial charge in [-0.2, -0.15) is 0 Å². The van der Waals surface area contributed by atoms with E-state index in [2.05, 4.69) is 10.0 Å². The first-order chi connectivity index (χ1) is 14.3. The maximum atomic E-state index is 12.7. The van der Waals surface area contributed by atoms with Crippen LogP contribution < -0.4 is 14.8 Å². The van der Waals surface area contributed by atoms with Gasteiger partial charge in [-0.3, -0.25) is 9.52 Å². The number of aryl methyl sites for hydroxylation is 1. The average molecular weight is 425 g/mol. The molecule has 0 saturated carbocycles. The molecule has 1 atom stereocenters. The fourth-order valence-electron chi connectivity index (χ4n) is 2.93. The Morgan fingerprint density at radius 3 is 2.27 bits per heavy atom. The van der Waals surface area contributed by atoms with Gasteiger partial charge < -0.3 is 10.1 Å². The monoisotopic (exact) mass is 424 g/mol. The highest BCUT2D eigenvalue weighted by atomic mass is 32.2. The van der Waals surface area contributed by atoms with Crippen molar-refractivity contribution in [3.8, 4) is 5.75 Å². The summed E-state index contributed by atoms with van der Waals surface area (Å²) in [5.41, 5.74) is 2.38. The third-order valence-corrected chi connectivity index (χ3v) is 6.14. The number of rotatable bonds is 7. The zero-order valence-corrected chi connectivity index (χ0v) is 17.9. The minimum absolute atomic E-state index is 0.160. The van der Waals surface area contributed by atoms with Crippen LogP contribution in [0.25, 0.3) is 0 Å². The third kappa shape index (κ3) is 4.99. The highest BCUT2D eigenvalue weighted by Crippen LogP contribution is 2.22. The van der Waals surface area contributed by atoms with Gasteiger partial charge in [-0.1, -0.05) is 36.4 Å². The van der Waals surface area contributed by atoms with E-state index in [1.54, 1.807) is 50.4 Å². The van der Waals surface area contributed by atoms with Crippen LogP contribution in [0.1, 0.15) is 34.5 Å². The highest BCUT2D eigenvalue weighted by molar-refractivity contribution is 7.92. The molecule has 3 aromatic rings. The molecule has 6 nitrogen and oxygen atoms in total. The first-order valence-corrected chi connectivity index (χ1v) is 10.9. The molecule has 0 bridgehead atoms. The molecule has 1 unspecified atom stereocenters. The minimum Gasteiger partial charge on any atom is -0.497 e. The molecule has 3 aromatic carbocycles. The van der Waals surface area contributed by atoms with E-state index in [9.17, 15) is 13.2 Å². The molecule has 0 aliphatic carbocycles. The molecule has 3 rings (SSSR count). The second-order valence-corrected chi connectivity index (χ2v) is 8.60. The smallest absolute Gasteiger partial charge is 0.261 e. The summed E-state index contributed by atoms with van der Waals surface area (Å²) in [4.78, 5) is 12.9. The Labute approximate surface area is 177 Å². The van der Waals surface area contributed by atoms with Crippen LogP contribution in [0.4, 0.5) is 5.69 Å². The molecule has 30 heavy (non-hydrogen) atoms. The van der Waals surface area contributed by atoms with E-state index < -0.39 is 10.0 Å². The van der Waals surface area contributed by atoms with Crippen LogP contribution >= 0.6 is 0 Å².